The van der Waals surface area contributed by atoms with Crippen molar-refractivity contribution in [2.45, 2.75) is 11.4 Å². The predicted molar refractivity (Wildman–Crippen MR) is 130 cm³/mol. The molecule has 2 amide bonds. The van der Waals surface area contributed by atoms with Gasteiger partial charge < -0.3 is 14.4 Å². The maximum Gasteiger partial charge on any atom is 0.263 e. The monoisotopic (exact) mass is 513 g/mol. The van der Waals surface area contributed by atoms with Crippen molar-refractivity contribution < 1.29 is 22.4 Å². The number of hydrogen-bond acceptors (Lipinski definition) is 6. The molecule has 0 saturated carbocycles. The van der Waals surface area contributed by atoms with E-state index in [-0.39, 0.29) is 47.3 Å². The van der Waals surface area contributed by atoms with Crippen LogP contribution in [0.3, 0.4) is 0 Å². The average molecular weight is 514 g/mol. The Morgan fingerprint density at radius 2 is 1.91 bits per heavy atom. The number of amides is 2. The molecule has 5 rings (SSSR count). The van der Waals surface area contributed by atoms with E-state index < -0.39 is 10.0 Å². The van der Waals surface area contributed by atoms with Gasteiger partial charge in [-0.05, 0) is 48.5 Å². The highest BCUT2D eigenvalue weighted by molar-refractivity contribution is 7.93. The van der Waals surface area contributed by atoms with E-state index in [2.05, 4.69) is 9.71 Å². The topological polar surface area (TPSA) is 105 Å². The Labute approximate surface area is 204 Å². The number of nitrogens with zero attached hydrogens (tertiary/aromatic N) is 4. The summed E-state index contributed by atoms with van der Waals surface area (Å²) >= 11 is 1.17. The summed E-state index contributed by atoms with van der Waals surface area (Å²) < 4.78 is 42.6. The lowest BCUT2D eigenvalue weighted by Crippen LogP contribution is -2.53. The maximum atomic E-state index is 13.4. The highest BCUT2D eigenvalue weighted by Crippen LogP contribution is 2.23. The number of rotatable bonds is 6. The third-order valence-electron chi connectivity index (χ3n) is 5.72. The molecule has 2 aromatic carbocycles. The van der Waals surface area contributed by atoms with Gasteiger partial charge in [0.25, 0.3) is 10.0 Å². The molecule has 2 aromatic heterocycles. The summed E-state index contributed by atoms with van der Waals surface area (Å²) in [6.07, 6.45) is 3.22. The molecule has 1 saturated heterocycles. The fraction of sp³-hybridized carbons (Fsp3) is 0.174. The molecule has 0 bridgehead atoms. The average Bonchev–Trinajstić information content (AvgIpc) is 3.48. The Bertz CT molecular complexity index is 1500. The van der Waals surface area contributed by atoms with Gasteiger partial charge >= 0.3 is 0 Å². The molecule has 9 nitrogen and oxygen atoms in total. The van der Waals surface area contributed by atoms with Crippen LogP contribution in [-0.2, 0) is 26.2 Å². The number of thiazole rings is 1. The number of carbonyl (C=O) groups excluding carboxylic acids is 2. The summed E-state index contributed by atoms with van der Waals surface area (Å²) in [6, 6.07) is 12.1. The van der Waals surface area contributed by atoms with E-state index in [0.29, 0.717) is 17.6 Å². The van der Waals surface area contributed by atoms with E-state index in [1.165, 1.54) is 51.6 Å². The third-order valence-corrected chi connectivity index (χ3v) is 7.90. The molecule has 0 radical (unpaired) electrons. The molecule has 35 heavy (non-hydrogen) atoms. The van der Waals surface area contributed by atoms with Gasteiger partial charge in [0.1, 0.15) is 18.9 Å². The van der Waals surface area contributed by atoms with Gasteiger partial charge in [0, 0.05) is 47.5 Å². The smallest absolute Gasteiger partial charge is 0.263 e. The lowest BCUT2D eigenvalue weighted by Gasteiger charge is -2.34. The molecule has 0 aliphatic carbocycles. The Balaban J connectivity index is 1.23. The first-order valence-corrected chi connectivity index (χ1v) is 13.0. The second-order valence-corrected chi connectivity index (χ2v) is 10.5. The Morgan fingerprint density at radius 3 is 2.63 bits per heavy atom. The molecule has 180 valence electrons. The molecular weight excluding hydrogens is 493 g/mol. The summed E-state index contributed by atoms with van der Waals surface area (Å²) in [7, 11) is -3.79. The lowest BCUT2D eigenvalue weighted by molar-refractivity contribution is -0.137. The fourth-order valence-corrected chi connectivity index (χ4v) is 5.76. The van der Waals surface area contributed by atoms with Gasteiger partial charge in [-0.25, -0.2) is 17.8 Å². The summed E-state index contributed by atoms with van der Waals surface area (Å²) in [5.41, 5.74) is 1.29. The van der Waals surface area contributed by atoms with Gasteiger partial charge in [0.15, 0.2) is 5.13 Å². The number of nitrogens with one attached hydrogen (secondary N) is 1. The number of hydrogen-bond donors (Lipinski definition) is 1. The molecule has 1 aliphatic rings. The van der Waals surface area contributed by atoms with Crippen molar-refractivity contribution in [2.24, 2.45) is 0 Å². The fourth-order valence-electron chi connectivity index (χ4n) is 3.97. The number of fused-ring (bicyclic) bond motifs is 1. The molecule has 1 fully saturated rings. The van der Waals surface area contributed by atoms with Crippen molar-refractivity contribution in [3.63, 3.8) is 0 Å². The summed E-state index contributed by atoms with van der Waals surface area (Å²) in [6.45, 7) is 0.578. The maximum absolute atomic E-state index is 13.4. The minimum Gasteiger partial charge on any atom is -0.338 e. The van der Waals surface area contributed by atoms with E-state index >= 15 is 0 Å². The Morgan fingerprint density at radius 1 is 1.11 bits per heavy atom. The van der Waals surface area contributed by atoms with E-state index in [9.17, 15) is 22.4 Å². The van der Waals surface area contributed by atoms with E-state index in [0.717, 1.165) is 5.52 Å². The van der Waals surface area contributed by atoms with Crippen molar-refractivity contribution in [3.8, 4) is 0 Å². The van der Waals surface area contributed by atoms with E-state index in [1.807, 2.05) is 0 Å². The Kier molecular flexibility index (Phi) is 5.99. The first-order chi connectivity index (χ1) is 16.8. The van der Waals surface area contributed by atoms with Crippen LogP contribution in [0.15, 0.2) is 71.2 Å². The zero-order valence-electron chi connectivity index (χ0n) is 18.3. The van der Waals surface area contributed by atoms with Crippen LogP contribution in [0.4, 0.5) is 15.2 Å². The third kappa shape index (κ3) is 4.75. The van der Waals surface area contributed by atoms with Crippen LogP contribution in [0.5, 0.6) is 0 Å². The zero-order chi connectivity index (χ0) is 24.6. The van der Waals surface area contributed by atoms with Crippen LogP contribution < -0.4 is 9.62 Å². The summed E-state index contributed by atoms with van der Waals surface area (Å²) in [5, 5.41) is 2.63. The molecule has 4 aromatic rings. The standard InChI is InChI=1S/C23H20FN5O4S2/c24-17-1-6-20-16(13-17)7-9-27(20)14-21(30)28-10-11-29(22(31)15-28)18-2-4-19(5-3-18)35(32,33)26-23-25-8-12-34-23/h1-9,12-13H,10-11,14-15H2,(H,25,26). The summed E-state index contributed by atoms with van der Waals surface area (Å²) in [4.78, 5) is 32.6. The van der Waals surface area contributed by atoms with Gasteiger partial charge in [-0.2, -0.15) is 0 Å². The molecule has 1 aliphatic heterocycles. The minimum absolute atomic E-state index is 0.0427. The molecular formula is C23H20FN5O4S2. The first kappa shape index (κ1) is 23.0. The van der Waals surface area contributed by atoms with Gasteiger partial charge in [-0.3, -0.25) is 14.3 Å². The highest BCUT2D eigenvalue weighted by atomic mass is 32.2. The van der Waals surface area contributed by atoms with Gasteiger partial charge in [0.05, 0.1) is 4.90 Å². The van der Waals surface area contributed by atoms with E-state index in [4.69, 9.17) is 0 Å². The second kappa shape index (κ2) is 9.12. The van der Waals surface area contributed by atoms with Crippen molar-refractivity contribution in [2.75, 3.05) is 29.3 Å². The van der Waals surface area contributed by atoms with Crippen molar-refractivity contribution in [1.29, 1.82) is 0 Å². The molecule has 0 spiro atoms. The van der Waals surface area contributed by atoms with Gasteiger partial charge in [-0.1, -0.05) is 0 Å². The highest BCUT2D eigenvalue weighted by Gasteiger charge is 2.28. The SMILES string of the molecule is O=C(Cn1ccc2cc(F)ccc21)N1CCN(c2ccc(S(=O)(=O)Nc3nccs3)cc2)C(=O)C1. The second-order valence-electron chi connectivity index (χ2n) is 7.94. The largest absolute Gasteiger partial charge is 0.338 e. The number of sulfonamides is 1. The Hall–Kier alpha value is -3.77. The molecule has 0 unspecified atom stereocenters. The number of halogens is 1. The number of anilines is 2. The number of piperazine rings is 1. The van der Waals surface area contributed by atoms with Crippen molar-refractivity contribution >= 4 is 54.9 Å². The lowest BCUT2D eigenvalue weighted by atomic mass is 10.2. The van der Waals surface area contributed by atoms with Crippen LogP contribution in [0.1, 0.15) is 0 Å². The predicted octanol–water partition coefficient (Wildman–Crippen LogP) is 2.91. The molecule has 0 atom stereocenters. The van der Waals surface area contributed by atoms with Crippen LogP contribution >= 0.6 is 11.3 Å². The number of aromatic nitrogens is 2. The van der Waals surface area contributed by atoms with Gasteiger partial charge in [0.2, 0.25) is 11.8 Å². The quantitative estimate of drug-likeness (QED) is 0.427. The van der Waals surface area contributed by atoms with Crippen LogP contribution in [0.25, 0.3) is 10.9 Å². The summed E-state index contributed by atoms with van der Waals surface area (Å²) in [5.74, 6) is -0.820. The normalized spacial score (nSPS) is 14.5. The van der Waals surface area contributed by atoms with Crippen LogP contribution in [-0.4, -0.2) is 54.3 Å². The van der Waals surface area contributed by atoms with Crippen LogP contribution in [0, 0.1) is 5.82 Å². The van der Waals surface area contributed by atoms with Gasteiger partial charge in [-0.15, -0.1) is 11.3 Å². The molecule has 3 heterocycles. The van der Waals surface area contributed by atoms with Crippen LogP contribution in [0.2, 0.25) is 0 Å². The molecule has 1 N–H and O–H groups in total. The van der Waals surface area contributed by atoms with E-state index in [1.54, 1.807) is 40.4 Å². The first-order valence-electron chi connectivity index (χ1n) is 10.6. The number of carbonyl (C=O) groups is 2. The number of benzene rings is 2. The molecule has 12 heteroatoms. The van der Waals surface area contributed by atoms with Crippen molar-refractivity contribution in [1.82, 2.24) is 14.5 Å². The minimum atomic E-state index is -3.79. The zero-order valence-corrected chi connectivity index (χ0v) is 19.9. The van der Waals surface area contributed by atoms with Crippen molar-refractivity contribution in [3.05, 3.63) is 72.1 Å².